The van der Waals surface area contributed by atoms with Crippen LogP contribution in [0.15, 0.2) is 41.3 Å². The summed E-state index contributed by atoms with van der Waals surface area (Å²) in [6.45, 7) is -0.598. The van der Waals surface area contributed by atoms with Gasteiger partial charge in [-0.2, -0.15) is 13.2 Å². The summed E-state index contributed by atoms with van der Waals surface area (Å²) >= 11 is -0.554. The van der Waals surface area contributed by atoms with Crippen LogP contribution < -0.4 is 4.90 Å². The standard InChI is InChI=1S/C18H14F6N2O3S/c1-25(16(27)15-11(19)4-3-5-12(15)20)17(28)26(9-29-2)14-7-6-10(8-13(14)21)30-18(22,23)24/h3-8H,9H2,1-2H3. The zero-order valence-electron chi connectivity index (χ0n) is 15.5. The first kappa shape index (κ1) is 23.5. The van der Waals surface area contributed by atoms with Crippen LogP contribution in [0.2, 0.25) is 0 Å². The number of imide groups is 1. The summed E-state index contributed by atoms with van der Waals surface area (Å²) in [7, 11) is 2.05. The minimum absolute atomic E-state index is 0.332. The summed E-state index contributed by atoms with van der Waals surface area (Å²) in [6.07, 6.45) is 0. The van der Waals surface area contributed by atoms with Crippen molar-refractivity contribution in [1.82, 2.24) is 4.90 Å². The number of anilines is 1. The Labute approximate surface area is 171 Å². The van der Waals surface area contributed by atoms with Gasteiger partial charge in [0.2, 0.25) is 0 Å². The normalized spacial score (nSPS) is 11.3. The van der Waals surface area contributed by atoms with Gasteiger partial charge in [-0.05, 0) is 42.1 Å². The zero-order chi connectivity index (χ0) is 22.6. The lowest BCUT2D eigenvalue weighted by Crippen LogP contribution is -2.46. The van der Waals surface area contributed by atoms with Gasteiger partial charge in [0.15, 0.2) is 0 Å². The highest BCUT2D eigenvalue weighted by molar-refractivity contribution is 8.00. The van der Waals surface area contributed by atoms with Crippen molar-refractivity contribution in [1.29, 1.82) is 0 Å². The molecule has 0 saturated heterocycles. The third-order valence-corrected chi connectivity index (χ3v) is 4.42. The number of hydrogen-bond donors (Lipinski definition) is 0. The molecule has 0 aliphatic rings. The van der Waals surface area contributed by atoms with Crippen LogP contribution in [0, 0.1) is 17.5 Å². The molecule has 2 aromatic carbocycles. The first-order chi connectivity index (χ1) is 14.0. The molecule has 0 N–H and O–H groups in total. The minimum Gasteiger partial charge on any atom is -0.364 e. The molecule has 2 aromatic rings. The van der Waals surface area contributed by atoms with E-state index in [-0.39, 0.29) is 0 Å². The molecule has 0 bridgehead atoms. The second kappa shape index (κ2) is 9.39. The number of urea groups is 1. The Hall–Kier alpha value is -2.73. The van der Waals surface area contributed by atoms with Gasteiger partial charge in [-0.25, -0.2) is 18.0 Å². The number of benzene rings is 2. The molecule has 0 saturated carbocycles. The van der Waals surface area contributed by atoms with E-state index in [1.54, 1.807) is 0 Å². The fourth-order valence-corrected chi connectivity index (χ4v) is 2.96. The number of halogens is 6. The van der Waals surface area contributed by atoms with Crippen molar-refractivity contribution in [2.24, 2.45) is 0 Å². The molecule has 162 valence electrons. The molecule has 0 radical (unpaired) electrons. The molecule has 5 nitrogen and oxygen atoms in total. The number of carbonyl (C=O) groups is 2. The Bertz CT molecular complexity index is 934. The summed E-state index contributed by atoms with van der Waals surface area (Å²) in [5.74, 6) is -4.97. The Morgan fingerprint density at radius 3 is 2.13 bits per heavy atom. The van der Waals surface area contributed by atoms with E-state index in [1.807, 2.05) is 0 Å². The molecule has 0 heterocycles. The van der Waals surface area contributed by atoms with Crippen LogP contribution >= 0.6 is 11.8 Å². The lowest BCUT2D eigenvalue weighted by atomic mass is 10.1. The maximum Gasteiger partial charge on any atom is 0.446 e. The summed E-state index contributed by atoms with van der Waals surface area (Å²) in [4.78, 5) is 25.5. The Morgan fingerprint density at radius 1 is 1.03 bits per heavy atom. The van der Waals surface area contributed by atoms with Crippen molar-refractivity contribution in [3.05, 3.63) is 59.4 Å². The van der Waals surface area contributed by atoms with Gasteiger partial charge in [0.25, 0.3) is 5.91 Å². The van der Waals surface area contributed by atoms with Gasteiger partial charge in [-0.15, -0.1) is 0 Å². The number of hydrogen-bond acceptors (Lipinski definition) is 4. The average molecular weight is 452 g/mol. The van der Waals surface area contributed by atoms with E-state index in [2.05, 4.69) is 0 Å². The van der Waals surface area contributed by atoms with Crippen LogP contribution in [-0.2, 0) is 4.74 Å². The molecule has 0 fully saturated rings. The highest BCUT2D eigenvalue weighted by Crippen LogP contribution is 2.38. The number of nitrogens with zero attached hydrogens (tertiary/aromatic N) is 2. The number of rotatable bonds is 5. The smallest absolute Gasteiger partial charge is 0.364 e. The van der Waals surface area contributed by atoms with Gasteiger partial charge in [-0.1, -0.05) is 6.07 Å². The minimum atomic E-state index is -4.65. The first-order valence-corrected chi connectivity index (χ1v) is 8.85. The molecule has 0 aromatic heterocycles. The summed E-state index contributed by atoms with van der Waals surface area (Å²) < 4.78 is 84.3. The number of carbonyl (C=O) groups excluding carboxylic acids is 2. The number of amides is 3. The molecule has 0 spiro atoms. The van der Waals surface area contributed by atoms with Crippen molar-refractivity contribution < 1.29 is 40.7 Å². The molecule has 0 atom stereocenters. The van der Waals surface area contributed by atoms with Gasteiger partial charge in [0.1, 0.15) is 29.7 Å². The molecule has 2 rings (SSSR count). The van der Waals surface area contributed by atoms with Crippen LogP contribution in [0.3, 0.4) is 0 Å². The van der Waals surface area contributed by atoms with E-state index in [1.165, 1.54) is 0 Å². The highest BCUT2D eigenvalue weighted by atomic mass is 32.2. The maximum atomic E-state index is 14.4. The number of ether oxygens (including phenoxy) is 1. The quantitative estimate of drug-likeness (QED) is 0.363. The van der Waals surface area contributed by atoms with Crippen molar-refractivity contribution in [2.75, 3.05) is 25.8 Å². The van der Waals surface area contributed by atoms with Crippen LogP contribution in [0.5, 0.6) is 0 Å². The fourth-order valence-electron chi connectivity index (χ4n) is 2.40. The third-order valence-electron chi connectivity index (χ3n) is 3.70. The molecule has 12 heteroatoms. The highest BCUT2D eigenvalue weighted by Gasteiger charge is 2.32. The van der Waals surface area contributed by atoms with Gasteiger partial charge < -0.3 is 4.74 Å². The summed E-state index contributed by atoms with van der Waals surface area (Å²) in [5, 5.41) is 0. The molecule has 0 aliphatic heterocycles. The van der Waals surface area contributed by atoms with Gasteiger partial charge in [0, 0.05) is 19.1 Å². The van der Waals surface area contributed by atoms with E-state index in [4.69, 9.17) is 4.74 Å². The second-order valence-electron chi connectivity index (χ2n) is 5.75. The second-order valence-corrected chi connectivity index (χ2v) is 6.89. The number of thioether (sulfide) groups is 1. The summed E-state index contributed by atoms with van der Waals surface area (Å²) in [5.41, 5.74) is -6.14. The maximum absolute atomic E-state index is 14.4. The van der Waals surface area contributed by atoms with Crippen molar-refractivity contribution in [2.45, 2.75) is 10.4 Å². The zero-order valence-corrected chi connectivity index (χ0v) is 16.3. The van der Waals surface area contributed by atoms with Crippen molar-refractivity contribution in [3.63, 3.8) is 0 Å². The average Bonchev–Trinajstić information content (AvgIpc) is 2.64. The van der Waals surface area contributed by atoms with Crippen LogP contribution in [-0.4, -0.2) is 43.2 Å². The van der Waals surface area contributed by atoms with Gasteiger partial charge in [0.05, 0.1) is 5.69 Å². The molecule has 0 aliphatic carbocycles. The predicted octanol–water partition coefficient (Wildman–Crippen LogP) is 5.02. The lowest BCUT2D eigenvalue weighted by molar-refractivity contribution is -0.0328. The first-order valence-electron chi connectivity index (χ1n) is 8.04. The SMILES string of the molecule is COCN(C(=O)N(C)C(=O)c1c(F)cccc1F)c1ccc(SC(F)(F)F)cc1F. The number of methoxy groups -OCH3 is 1. The van der Waals surface area contributed by atoms with Crippen LogP contribution in [0.1, 0.15) is 10.4 Å². The molecule has 30 heavy (non-hydrogen) atoms. The summed E-state index contributed by atoms with van der Waals surface area (Å²) in [6, 6.07) is 3.81. The van der Waals surface area contributed by atoms with E-state index in [0.29, 0.717) is 15.9 Å². The van der Waals surface area contributed by atoms with E-state index in [9.17, 15) is 35.9 Å². The van der Waals surface area contributed by atoms with Crippen LogP contribution in [0.25, 0.3) is 0 Å². The molecule has 3 amide bonds. The van der Waals surface area contributed by atoms with Crippen LogP contribution in [0.4, 0.5) is 36.8 Å². The van der Waals surface area contributed by atoms with E-state index in [0.717, 1.165) is 44.5 Å². The lowest BCUT2D eigenvalue weighted by Gasteiger charge is -2.27. The molecular weight excluding hydrogens is 438 g/mol. The van der Waals surface area contributed by atoms with Gasteiger partial charge in [-0.3, -0.25) is 14.6 Å². The molecule has 0 unspecified atom stereocenters. The Morgan fingerprint density at radius 2 is 1.63 bits per heavy atom. The van der Waals surface area contributed by atoms with Gasteiger partial charge >= 0.3 is 11.5 Å². The Kier molecular flexibility index (Phi) is 7.37. The van der Waals surface area contributed by atoms with Crippen molar-refractivity contribution in [3.8, 4) is 0 Å². The number of alkyl halides is 3. The van der Waals surface area contributed by atoms with E-state index < -0.39 is 69.5 Å². The van der Waals surface area contributed by atoms with E-state index >= 15 is 0 Å². The fraction of sp³-hybridized carbons (Fsp3) is 0.222. The topological polar surface area (TPSA) is 49.9 Å². The van der Waals surface area contributed by atoms with Crippen molar-refractivity contribution >= 4 is 29.4 Å². The Balaban J connectivity index is 2.35. The monoisotopic (exact) mass is 452 g/mol. The molecular formula is C18H14F6N2O3S. The largest absolute Gasteiger partial charge is 0.446 e. The predicted molar refractivity (Wildman–Crippen MR) is 96.5 cm³/mol. The third kappa shape index (κ3) is 5.45.